The van der Waals surface area contributed by atoms with E-state index in [9.17, 15) is 0 Å². The van der Waals surface area contributed by atoms with Gasteiger partial charge < -0.3 is 22.0 Å². The van der Waals surface area contributed by atoms with Crippen molar-refractivity contribution in [3.63, 3.8) is 0 Å². The van der Waals surface area contributed by atoms with E-state index in [4.69, 9.17) is 22.0 Å². The van der Waals surface area contributed by atoms with Crippen LogP contribution in [0.2, 0.25) is 6.04 Å². The average molecular weight is 346 g/mol. The van der Waals surface area contributed by atoms with Gasteiger partial charge in [0, 0.05) is 25.9 Å². The lowest BCUT2D eigenvalue weighted by atomic mass is 9.94. The van der Waals surface area contributed by atoms with E-state index in [2.05, 4.69) is 32.0 Å². The molecule has 0 aromatic rings. The Morgan fingerprint density at radius 3 is 1.55 bits per heavy atom. The highest BCUT2D eigenvalue weighted by Crippen LogP contribution is 2.27. The zero-order chi connectivity index (χ0) is 16.2. The van der Waals surface area contributed by atoms with Crippen molar-refractivity contribution in [3.8, 4) is 0 Å². The molecule has 0 radical (unpaired) electrons. The first kappa shape index (κ1) is 22.7. The van der Waals surface area contributed by atoms with Crippen LogP contribution in [0.4, 0.5) is 0 Å². The summed E-state index contributed by atoms with van der Waals surface area (Å²) in [5.74, 6) is 0. The normalized spacial score (nSPS) is 12.2. The Hall–Kier alpha value is 0.427. The van der Waals surface area contributed by atoms with Crippen LogP contribution in [0.1, 0.15) is 48.0 Å². The van der Waals surface area contributed by atoms with E-state index in [-0.39, 0.29) is 0 Å². The summed E-state index contributed by atoms with van der Waals surface area (Å²) >= 11 is 3.65. The monoisotopic (exact) mass is 345 g/mol. The molecular formula is C12H29O5S2Si-. The van der Waals surface area contributed by atoms with Crippen LogP contribution >= 0.6 is 0 Å². The predicted octanol–water partition coefficient (Wildman–Crippen LogP) is 3.36. The molecular weight excluding hydrogens is 316 g/mol. The molecule has 0 bridgehead atoms. The van der Waals surface area contributed by atoms with Crippen LogP contribution in [0, 0.1) is 5.41 Å². The van der Waals surface area contributed by atoms with Crippen LogP contribution in [-0.2, 0) is 38.3 Å². The lowest BCUT2D eigenvalue weighted by Gasteiger charge is -2.31. The van der Waals surface area contributed by atoms with Gasteiger partial charge in [0.25, 0.3) is 0 Å². The molecule has 0 aliphatic carbocycles. The predicted molar refractivity (Wildman–Crippen MR) is 87.6 cm³/mol. The van der Waals surface area contributed by atoms with E-state index in [1.165, 1.54) is 0 Å². The summed E-state index contributed by atoms with van der Waals surface area (Å²) in [6, 6.07) is 0.909. The van der Waals surface area contributed by atoms with Gasteiger partial charge in [-0.1, -0.05) is 30.4 Å². The van der Waals surface area contributed by atoms with Crippen LogP contribution in [0.25, 0.3) is 0 Å². The second-order valence-electron chi connectivity index (χ2n) is 5.26. The Bertz CT molecular complexity index is 278. The largest absolute Gasteiger partial charge is 0.500 e. The Kier molecular flexibility index (Phi) is 13.6. The van der Waals surface area contributed by atoms with Gasteiger partial charge in [-0.2, -0.15) is 0 Å². The molecule has 1 N–H and O–H groups in total. The minimum Gasteiger partial charge on any atom is -0.459 e. The summed E-state index contributed by atoms with van der Waals surface area (Å²) < 4.78 is 33.7. The summed E-state index contributed by atoms with van der Waals surface area (Å²) in [6.07, 6.45) is 1.07. The van der Waals surface area contributed by atoms with E-state index in [1.54, 1.807) is 0 Å². The van der Waals surface area contributed by atoms with Crippen molar-refractivity contribution in [2.75, 3.05) is 19.8 Å². The fraction of sp³-hybridized carbons (Fsp3) is 1.00. The Morgan fingerprint density at radius 2 is 1.35 bits per heavy atom. The van der Waals surface area contributed by atoms with E-state index in [0.29, 0.717) is 25.2 Å². The van der Waals surface area contributed by atoms with Crippen molar-refractivity contribution < 1.29 is 22.0 Å². The molecule has 0 unspecified atom stereocenters. The first-order valence-electron chi connectivity index (χ1n) is 6.82. The molecule has 20 heavy (non-hydrogen) atoms. The van der Waals surface area contributed by atoms with Crippen LogP contribution in [0.5, 0.6) is 0 Å². The summed E-state index contributed by atoms with van der Waals surface area (Å²) in [4.78, 5) is 0. The molecule has 124 valence electrons. The molecule has 0 atom stereocenters. The van der Waals surface area contributed by atoms with Crippen LogP contribution in [-0.4, -0.2) is 33.2 Å². The molecule has 0 fully saturated rings. The summed E-state index contributed by atoms with van der Waals surface area (Å²) in [6.45, 7) is 14.7. The molecule has 0 aromatic carbocycles. The maximum absolute atomic E-state index is 8.93. The lowest BCUT2D eigenvalue weighted by molar-refractivity contribution is 0.0682. The zero-order valence-electron chi connectivity index (χ0n) is 13.4. The van der Waals surface area contributed by atoms with E-state index in [1.807, 2.05) is 20.8 Å². The number of hydrogen-bond donors (Lipinski definition) is 1. The standard InChI is InChI=1S/C12H28O3Si.HO2S2/c1-7-13-16(14-8-2,15-9-3)11-10-12(4,5)6;1-4(2)3/h7-11H2,1-6H3;(H,1,2,3)/q;-1. The fourth-order valence-electron chi connectivity index (χ4n) is 1.53. The average Bonchev–Trinajstić information content (AvgIpc) is 2.26. The van der Waals surface area contributed by atoms with E-state index >= 15 is 0 Å². The van der Waals surface area contributed by atoms with E-state index in [0.717, 1.165) is 12.5 Å². The summed E-state index contributed by atoms with van der Waals surface area (Å²) in [5.41, 5.74) is 0.295. The highest BCUT2D eigenvalue weighted by molar-refractivity contribution is 8.18. The number of rotatable bonds is 8. The highest BCUT2D eigenvalue weighted by Gasteiger charge is 2.40. The zero-order valence-corrected chi connectivity index (χ0v) is 16.1. The van der Waals surface area contributed by atoms with Crippen molar-refractivity contribution in [2.24, 2.45) is 5.41 Å². The molecule has 0 amide bonds. The Balaban J connectivity index is 0. The third-order valence-electron chi connectivity index (χ3n) is 2.27. The molecule has 0 aliphatic rings. The van der Waals surface area contributed by atoms with Crippen LogP contribution < -0.4 is 0 Å². The molecule has 8 heteroatoms. The Morgan fingerprint density at radius 1 is 1.05 bits per heavy atom. The molecule has 0 aromatic heterocycles. The van der Waals surface area contributed by atoms with Gasteiger partial charge in [-0.05, 0) is 32.6 Å². The molecule has 0 saturated heterocycles. The van der Waals surface area contributed by atoms with Gasteiger partial charge in [-0.25, -0.2) is 11.2 Å². The molecule has 0 spiro atoms. The van der Waals surface area contributed by atoms with Gasteiger partial charge in [0.2, 0.25) is 0 Å². The lowest BCUT2D eigenvalue weighted by Crippen LogP contribution is -2.46. The highest BCUT2D eigenvalue weighted by atomic mass is 32.8. The van der Waals surface area contributed by atoms with Gasteiger partial charge in [0.15, 0.2) is 0 Å². The summed E-state index contributed by atoms with van der Waals surface area (Å²) in [5, 5.41) is 0. The van der Waals surface area contributed by atoms with Gasteiger partial charge in [-0.15, -0.1) is 0 Å². The first-order chi connectivity index (χ1) is 9.12. The third kappa shape index (κ3) is 14.8. The van der Waals surface area contributed by atoms with Crippen molar-refractivity contribution in [1.29, 1.82) is 0 Å². The maximum Gasteiger partial charge on any atom is 0.500 e. The second kappa shape index (κ2) is 12.0. The van der Waals surface area contributed by atoms with Crippen LogP contribution in [0.3, 0.4) is 0 Å². The van der Waals surface area contributed by atoms with Crippen molar-refractivity contribution in [2.45, 2.75) is 54.0 Å². The topological polar surface area (TPSA) is 65.0 Å². The van der Waals surface area contributed by atoms with Gasteiger partial charge in [-0.3, -0.25) is 0 Å². The van der Waals surface area contributed by atoms with Gasteiger partial charge in [0.1, 0.15) is 0 Å². The van der Waals surface area contributed by atoms with E-state index < -0.39 is 18.4 Å². The van der Waals surface area contributed by atoms with Gasteiger partial charge in [0.05, 0.1) is 0 Å². The molecule has 0 saturated carbocycles. The molecule has 0 rings (SSSR count). The second-order valence-corrected chi connectivity index (χ2v) is 9.28. The van der Waals surface area contributed by atoms with Crippen molar-refractivity contribution >= 4 is 29.6 Å². The van der Waals surface area contributed by atoms with Gasteiger partial charge >= 0.3 is 8.80 Å². The van der Waals surface area contributed by atoms with Crippen molar-refractivity contribution in [1.82, 2.24) is 0 Å². The minimum atomic E-state index is -2.41. The van der Waals surface area contributed by atoms with Crippen molar-refractivity contribution in [3.05, 3.63) is 0 Å². The first-order valence-corrected chi connectivity index (χ1v) is 10.8. The minimum absolute atomic E-state index is 0.295. The Labute approximate surface area is 131 Å². The molecule has 0 heterocycles. The SMILES string of the molecule is CCO[Si](CCC(C)(C)C)(OCC)OCC.O=[S-](O)=S. The fourth-order valence-corrected chi connectivity index (χ4v) is 4.59. The number of hydrogen-bond acceptors (Lipinski definition) is 6. The third-order valence-corrected chi connectivity index (χ3v) is 5.32. The van der Waals surface area contributed by atoms with Crippen LogP contribution in [0.15, 0.2) is 0 Å². The maximum atomic E-state index is 8.93. The smallest absolute Gasteiger partial charge is 0.459 e. The quantitative estimate of drug-likeness (QED) is 0.413. The molecule has 0 aliphatic heterocycles. The molecule has 5 nitrogen and oxygen atoms in total. The summed E-state index contributed by atoms with van der Waals surface area (Å²) in [7, 11) is -4.43.